The summed E-state index contributed by atoms with van der Waals surface area (Å²) in [5.74, 6) is 5.30. The summed E-state index contributed by atoms with van der Waals surface area (Å²) in [6.45, 7) is 1.54. The van der Waals surface area contributed by atoms with Gasteiger partial charge in [0, 0.05) is 20.3 Å². The Morgan fingerprint density at radius 1 is 1.42 bits per heavy atom. The number of hydrogen-bond donors (Lipinski definition) is 3. The monoisotopic (exact) mass is 174 g/mol. The zero-order chi connectivity index (χ0) is 9.23. The Bertz CT molecular complexity index is 127. The number of hydrazine groups is 1. The number of nitrogens with two attached hydrogens (primary N) is 2. The molecule has 0 amide bonds. The van der Waals surface area contributed by atoms with E-state index in [9.17, 15) is 0 Å². The maximum Gasteiger partial charge on any atom is 0.203 e. The van der Waals surface area contributed by atoms with E-state index in [1.165, 1.54) is 0 Å². The van der Waals surface area contributed by atoms with E-state index in [0.717, 1.165) is 32.4 Å². The summed E-state index contributed by atoms with van der Waals surface area (Å²) in [7, 11) is 1.70. The van der Waals surface area contributed by atoms with Gasteiger partial charge in [-0.15, -0.1) is 0 Å². The normalized spacial score (nSPS) is 11.7. The molecule has 0 radical (unpaired) electrons. The van der Waals surface area contributed by atoms with E-state index in [1.807, 2.05) is 0 Å². The van der Waals surface area contributed by atoms with Gasteiger partial charge in [-0.25, -0.2) is 5.84 Å². The van der Waals surface area contributed by atoms with E-state index < -0.39 is 0 Å². The second-order valence-corrected chi connectivity index (χ2v) is 2.46. The van der Waals surface area contributed by atoms with Crippen molar-refractivity contribution < 1.29 is 4.74 Å². The van der Waals surface area contributed by atoms with Crippen LogP contribution in [0.2, 0.25) is 0 Å². The molecule has 0 bridgehead atoms. The van der Waals surface area contributed by atoms with Crippen LogP contribution in [0.15, 0.2) is 4.99 Å². The molecule has 0 heterocycles. The fourth-order valence-corrected chi connectivity index (χ4v) is 0.780. The number of rotatable bonds is 6. The third kappa shape index (κ3) is 7.30. The molecule has 0 aliphatic carbocycles. The molecule has 0 rings (SSSR count). The van der Waals surface area contributed by atoms with Crippen LogP contribution < -0.4 is 17.0 Å². The van der Waals surface area contributed by atoms with Gasteiger partial charge in [-0.2, -0.15) is 0 Å². The second kappa shape index (κ2) is 8.29. The van der Waals surface area contributed by atoms with Crippen molar-refractivity contribution in [1.82, 2.24) is 5.43 Å². The van der Waals surface area contributed by atoms with Gasteiger partial charge in [0.15, 0.2) is 0 Å². The Balaban J connectivity index is 3.10. The predicted octanol–water partition coefficient (Wildman–Crippen LogP) is -0.419. The molecule has 5 N–H and O–H groups in total. The smallest absolute Gasteiger partial charge is 0.203 e. The van der Waals surface area contributed by atoms with Crippen LogP contribution in [0.3, 0.4) is 0 Å². The van der Waals surface area contributed by atoms with Crippen LogP contribution in [0.4, 0.5) is 0 Å². The molecule has 0 aliphatic heterocycles. The lowest BCUT2D eigenvalue weighted by Gasteiger charge is -1.99. The maximum absolute atomic E-state index is 5.30. The maximum atomic E-state index is 5.30. The Morgan fingerprint density at radius 3 is 2.75 bits per heavy atom. The molecule has 0 aliphatic rings. The highest BCUT2D eigenvalue weighted by molar-refractivity contribution is 5.76. The minimum Gasteiger partial charge on any atom is -0.385 e. The van der Waals surface area contributed by atoms with Crippen LogP contribution in [-0.4, -0.2) is 26.2 Å². The van der Waals surface area contributed by atoms with Gasteiger partial charge in [0.25, 0.3) is 0 Å². The van der Waals surface area contributed by atoms with E-state index in [1.54, 1.807) is 7.11 Å². The fourth-order valence-electron chi connectivity index (χ4n) is 0.780. The van der Waals surface area contributed by atoms with Gasteiger partial charge in [-0.1, -0.05) is 0 Å². The first kappa shape index (κ1) is 11.2. The molecule has 0 unspecified atom stereocenters. The van der Waals surface area contributed by atoms with E-state index in [-0.39, 0.29) is 0 Å². The lowest BCUT2D eigenvalue weighted by Crippen LogP contribution is -2.37. The molecule has 5 nitrogen and oxygen atoms in total. The van der Waals surface area contributed by atoms with Crippen molar-refractivity contribution in [3.63, 3.8) is 0 Å². The summed E-state index contributed by atoms with van der Waals surface area (Å²) in [6, 6.07) is 0. The van der Waals surface area contributed by atoms with Crippen molar-refractivity contribution in [1.29, 1.82) is 0 Å². The van der Waals surface area contributed by atoms with Gasteiger partial charge in [-0.3, -0.25) is 10.4 Å². The SMILES string of the molecule is COCCCCCN=C(N)NN. The van der Waals surface area contributed by atoms with Crippen molar-refractivity contribution in [2.75, 3.05) is 20.3 Å². The Morgan fingerprint density at radius 2 is 2.17 bits per heavy atom. The van der Waals surface area contributed by atoms with Gasteiger partial charge < -0.3 is 10.5 Å². The summed E-state index contributed by atoms with van der Waals surface area (Å²) < 4.78 is 4.90. The highest BCUT2D eigenvalue weighted by atomic mass is 16.5. The largest absolute Gasteiger partial charge is 0.385 e. The topological polar surface area (TPSA) is 85.7 Å². The van der Waals surface area contributed by atoms with Gasteiger partial charge in [-0.05, 0) is 19.3 Å². The van der Waals surface area contributed by atoms with Crippen molar-refractivity contribution in [3.05, 3.63) is 0 Å². The molecule has 0 saturated heterocycles. The van der Waals surface area contributed by atoms with Crippen LogP contribution in [0.25, 0.3) is 0 Å². The van der Waals surface area contributed by atoms with Crippen molar-refractivity contribution in [2.24, 2.45) is 16.6 Å². The Labute approximate surface area is 73.1 Å². The van der Waals surface area contributed by atoms with Crippen molar-refractivity contribution >= 4 is 5.96 Å². The molecular weight excluding hydrogens is 156 g/mol. The first-order chi connectivity index (χ1) is 5.81. The molecule has 72 valence electrons. The van der Waals surface area contributed by atoms with Gasteiger partial charge in [0.05, 0.1) is 0 Å². The quantitative estimate of drug-likeness (QED) is 0.168. The van der Waals surface area contributed by atoms with E-state index in [4.69, 9.17) is 16.3 Å². The number of hydrogen-bond acceptors (Lipinski definition) is 3. The first-order valence-corrected chi connectivity index (χ1v) is 4.06. The van der Waals surface area contributed by atoms with Crippen LogP contribution in [0.5, 0.6) is 0 Å². The Hall–Kier alpha value is -0.810. The standard InChI is InChI=1S/C7H18N4O/c1-12-6-4-2-3-5-10-7(8)11-9/h2-6,9H2,1H3,(H3,8,10,11). The van der Waals surface area contributed by atoms with Gasteiger partial charge in [0.2, 0.25) is 5.96 Å². The summed E-state index contributed by atoms with van der Waals surface area (Å²) in [6.07, 6.45) is 3.20. The van der Waals surface area contributed by atoms with E-state index >= 15 is 0 Å². The van der Waals surface area contributed by atoms with Crippen LogP contribution in [-0.2, 0) is 4.74 Å². The summed E-state index contributed by atoms with van der Waals surface area (Å²) >= 11 is 0. The predicted molar refractivity (Wildman–Crippen MR) is 49.5 cm³/mol. The highest BCUT2D eigenvalue weighted by Gasteiger charge is 1.88. The van der Waals surface area contributed by atoms with Crippen LogP contribution in [0.1, 0.15) is 19.3 Å². The summed E-state index contributed by atoms with van der Waals surface area (Å²) in [5.41, 5.74) is 7.57. The lowest BCUT2D eigenvalue weighted by molar-refractivity contribution is 0.192. The number of aliphatic imine (C=N–C) groups is 1. The summed E-state index contributed by atoms with van der Waals surface area (Å²) in [5, 5.41) is 0. The highest BCUT2D eigenvalue weighted by Crippen LogP contribution is 1.95. The van der Waals surface area contributed by atoms with Gasteiger partial charge in [0.1, 0.15) is 0 Å². The van der Waals surface area contributed by atoms with Crippen LogP contribution >= 0.6 is 0 Å². The Kier molecular flexibility index (Phi) is 7.73. The number of nitrogens with zero attached hydrogens (tertiary/aromatic N) is 1. The number of nitrogens with one attached hydrogen (secondary N) is 1. The third-order valence-electron chi connectivity index (χ3n) is 1.44. The first-order valence-electron chi connectivity index (χ1n) is 4.06. The molecule has 0 aromatic carbocycles. The third-order valence-corrected chi connectivity index (χ3v) is 1.44. The number of ether oxygens (including phenoxy) is 1. The zero-order valence-electron chi connectivity index (χ0n) is 7.55. The molecule has 12 heavy (non-hydrogen) atoms. The zero-order valence-corrected chi connectivity index (χ0v) is 7.55. The molecule has 0 atom stereocenters. The molecule has 0 saturated carbocycles. The van der Waals surface area contributed by atoms with Crippen molar-refractivity contribution in [2.45, 2.75) is 19.3 Å². The number of guanidine groups is 1. The molecule has 0 aromatic heterocycles. The molecule has 0 spiro atoms. The average molecular weight is 174 g/mol. The molecular formula is C7H18N4O. The second-order valence-electron chi connectivity index (χ2n) is 2.46. The molecule has 0 fully saturated rings. The minimum absolute atomic E-state index is 0.293. The molecule has 0 aromatic rings. The van der Waals surface area contributed by atoms with Crippen LogP contribution in [0, 0.1) is 0 Å². The number of unbranched alkanes of at least 4 members (excludes halogenated alkanes) is 2. The fraction of sp³-hybridized carbons (Fsp3) is 0.857. The number of methoxy groups -OCH3 is 1. The lowest BCUT2D eigenvalue weighted by atomic mass is 10.2. The van der Waals surface area contributed by atoms with E-state index in [0.29, 0.717) is 5.96 Å². The minimum atomic E-state index is 0.293. The van der Waals surface area contributed by atoms with E-state index in [2.05, 4.69) is 10.4 Å². The molecule has 5 heteroatoms. The van der Waals surface area contributed by atoms with Crippen molar-refractivity contribution in [3.8, 4) is 0 Å². The summed E-state index contributed by atoms with van der Waals surface area (Å²) in [4.78, 5) is 3.96. The van der Waals surface area contributed by atoms with Gasteiger partial charge >= 0.3 is 0 Å². The average Bonchev–Trinajstić information content (AvgIpc) is 2.10.